The summed E-state index contributed by atoms with van der Waals surface area (Å²) < 4.78 is 28.0. The number of hydrogen-bond acceptors (Lipinski definition) is 3. The first-order chi connectivity index (χ1) is 8.88. The number of nitrogens with one attached hydrogen (secondary N) is 1. The van der Waals surface area contributed by atoms with Crippen molar-refractivity contribution in [3.63, 3.8) is 0 Å². The minimum Gasteiger partial charge on any atom is -0.399 e. The Morgan fingerprint density at radius 3 is 2.37 bits per heavy atom. The average Bonchev–Trinajstić information content (AvgIpc) is 2.34. The first-order valence-electron chi connectivity index (χ1n) is 5.53. The number of nitrogen functional groups attached to an aromatic ring is 1. The number of anilines is 2. The van der Waals surface area contributed by atoms with Crippen molar-refractivity contribution in [2.24, 2.45) is 0 Å². The van der Waals surface area contributed by atoms with Gasteiger partial charge in [-0.2, -0.15) is 0 Å². The summed E-state index contributed by atoms with van der Waals surface area (Å²) in [5.41, 5.74) is 7.51. The molecule has 0 bridgehead atoms. The number of aryl methyl sites for hydroxylation is 1. The molecule has 0 aliphatic carbocycles. The second-order valence-corrected chi connectivity index (χ2v) is 7.06. The van der Waals surface area contributed by atoms with Gasteiger partial charge in [0.2, 0.25) is 0 Å². The highest BCUT2D eigenvalue weighted by atomic mass is 127. The third-order valence-corrected chi connectivity index (χ3v) is 4.73. The van der Waals surface area contributed by atoms with Crippen LogP contribution >= 0.6 is 22.6 Å². The summed E-state index contributed by atoms with van der Waals surface area (Å²) >= 11 is 2.13. The lowest BCUT2D eigenvalue weighted by Gasteiger charge is -2.11. The monoisotopic (exact) mass is 388 g/mol. The molecule has 0 radical (unpaired) electrons. The fourth-order valence-corrected chi connectivity index (χ4v) is 3.05. The first-order valence-corrected chi connectivity index (χ1v) is 8.09. The zero-order chi connectivity index (χ0) is 14.0. The number of benzene rings is 2. The van der Waals surface area contributed by atoms with Crippen molar-refractivity contribution in [3.8, 4) is 0 Å². The lowest BCUT2D eigenvalue weighted by atomic mass is 10.2. The second-order valence-electron chi connectivity index (χ2n) is 4.13. The lowest BCUT2D eigenvalue weighted by molar-refractivity contribution is 0.601. The van der Waals surface area contributed by atoms with Crippen molar-refractivity contribution >= 4 is 44.0 Å². The van der Waals surface area contributed by atoms with Crippen LogP contribution in [-0.2, 0) is 10.0 Å². The van der Waals surface area contributed by atoms with Crippen LogP contribution in [0.1, 0.15) is 5.56 Å². The molecule has 0 saturated carbocycles. The van der Waals surface area contributed by atoms with Crippen molar-refractivity contribution in [1.82, 2.24) is 0 Å². The number of rotatable bonds is 3. The van der Waals surface area contributed by atoms with Gasteiger partial charge in [0, 0.05) is 9.26 Å². The molecule has 0 fully saturated rings. The molecule has 0 amide bonds. The predicted octanol–water partition coefficient (Wildman–Crippen LogP) is 2.98. The summed E-state index contributed by atoms with van der Waals surface area (Å²) in [6.07, 6.45) is 0. The Morgan fingerprint density at radius 2 is 1.74 bits per heavy atom. The van der Waals surface area contributed by atoms with Gasteiger partial charge in [0.1, 0.15) is 0 Å². The highest BCUT2D eigenvalue weighted by Crippen LogP contribution is 2.22. The molecule has 4 nitrogen and oxygen atoms in total. The molecule has 2 aromatic carbocycles. The van der Waals surface area contributed by atoms with Crippen LogP contribution in [0.15, 0.2) is 47.4 Å². The second kappa shape index (κ2) is 5.38. The number of nitrogens with two attached hydrogens (primary N) is 1. The summed E-state index contributed by atoms with van der Waals surface area (Å²) in [7, 11) is -3.58. The largest absolute Gasteiger partial charge is 0.399 e. The summed E-state index contributed by atoms with van der Waals surface area (Å²) in [4.78, 5) is 0.231. The van der Waals surface area contributed by atoms with Gasteiger partial charge in [-0.1, -0.05) is 6.07 Å². The third-order valence-electron chi connectivity index (χ3n) is 2.63. The van der Waals surface area contributed by atoms with Gasteiger partial charge in [-0.15, -0.1) is 0 Å². The minimum absolute atomic E-state index is 0.231. The van der Waals surface area contributed by atoms with E-state index in [1.54, 1.807) is 42.5 Å². The van der Waals surface area contributed by atoms with Gasteiger partial charge in [0.25, 0.3) is 10.0 Å². The molecule has 6 heteroatoms. The van der Waals surface area contributed by atoms with Crippen LogP contribution in [-0.4, -0.2) is 8.42 Å². The Kier molecular flexibility index (Phi) is 4.00. The molecule has 0 aromatic heterocycles. The van der Waals surface area contributed by atoms with E-state index in [0.29, 0.717) is 11.4 Å². The van der Waals surface area contributed by atoms with E-state index in [-0.39, 0.29) is 4.90 Å². The van der Waals surface area contributed by atoms with E-state index >= 15 is 0 Å². The smallest absolute Gasteiger partial charge is 0.261 e. The van der Waals surface area contributed by atoms with E-state index < -0.39 is 10.0 Å². The molecule has 0 atom stereocenters. The van der Waals surface area contributed by atoms with Gasteiger partial charge in [0.05, 0.1) is 10.6 Å². The van der Waals surface area contributed by atoms with Crippen LogP contribution < -0.4 is 10.5 Å². The van der Waals surface area contributed by atoms with Gasteiger partial charge in [0.15, 0.2) is 0 Å². The summed E-state index contributed by atoms with van der Waals surface area (Å²) in [6, 6.07) is 11.8. The Morgan fingerprint density at radius 1 is 1.11 bits per heavy atom. The normalized spacial score (nSPS) is 11.3. The maximum Gasteiger partial charge on any atom is 0.261 e. The van der Waals surface area contributed by atoms with E-state index in [0.717, 1.165) is 9.13 Å². The van der Waals surface area contributed by atoms with Crippen LogP contribution in [0.3, 0.4) is 0 Å². The molecule has 0 aliphatic rings. The van der Waals surface area contributed by atoms with Crippen LogP contribution in [0.2, 0.25) is 0 Å². The van der Waals surface area contributed by atoms with Gasteiger partial charge in [-0.3, -0.25) is 4.72 Å². The predicted molar refractivity (Wildman–Crippen MR) is 85.6 cm³/mol. The van der Waals surface area contributed by atoms with Crippen molar-refractivity contribution in [2.75, 3.05) is 10.5 Å². The quantitative estimate of drug-likeness (QED) is 0.627. The molecule has 0 saturated heterocycles. The molecule has 0 unspecified atom stereocenters. The van der Waals surface area contributed by atoms with E-state index in [9.17, 15) is 8.42 Å². The Labute approximate surface area is 126 Å². The van der Waals surface area contributed by atoms with Crippen LogP contribution in [0.25, 0.3) is 0 Å². The molecule has 100 valence electrons. The number of sulfonamides is 1. The highest BCUT2D eigenvalue weighted by molar-refractivity contribution is 14.1. The fraction of sp³-hybridized carbons (Fsp3) is 0.0769. The van der Waals surface area contributed by atoms with E-state index in [2.05, 4.69) is 27.3 Å². The maximum absolute atomic E-state index is 12.2. The Hall–Kier alpha value is -1.28. The number of halogens is 1. The molecule has 0 heterocycles. The SMILES string of the molecule is Cc1ccc(N)cc1NS(=O)(=O)c1ccc(I)cc1. The summed E-state index contributed by atoms with van der Waals surface area (Å²) in [6.45, 7) is 1.82. The molecule has 19 heavy (non-hydrogen) atoms. The molecule has 0 aliphatic heterocycles. The summed E-state index contributed by atoms with van der Waals surface area (Å²) in [5, 5.41) is 0. The number of hydrogen-bond donors (Lipinski definition) is 2. The average molecular weight is 388 g/mol. The minimum atomic E-state index is -3.58. The summed E-state index contributed by atoms with van der Waals surface area (Å²) in [5.74, 6) is 0. The zero-order valence-electron chi connectivity index (χ0n) is 10.2. The van der Waals surface area contributed by atoms with Crippen molar-refractivity contribution in [3.05, 3.63) is 51.6 Å². The van der Waals surface area contributed by atoms with E-state index in [1.807, 2.05) is 6.92 Å². The highest BCUT2D eigenvalue weighted by Gasteiger charge is 2.15. The van der Waals surface area contributed by atoms with Gasteiger partial charge < -0.3 is 5.73 Å². The Balaban J connectivity index is 2.36. The molecular formula is C13H13IN2O2S. The zero-order valence-corrected chi connectivity index (χ0v) is 13.2. The molecule has 2 aromatic rings. The Bertz CT molecular complexity index is 697. The molecule has 0 spiro atoms. The van der Waals surface area contributed by atoms with Gasteiger partial charge in [-0.05, 0) is 71.5 Å². The third kappa shape index (κ3) is 3.38. The van der Waals surface area contributed by atoms with Gasteiger partial charge >= 0.3 is 0 Å². The molecule has 2 rings (SSSR count). The molecule has 3 N–H and O–H groups in total. The van der Waals surface area contributed by atoms with E-state index in [4.69, 9.17) is 5.73 Å². The van der Waals surface area contributed by atoms with Crippen molar-refractivity contribution < 1.29 is 8.42 Å². The van der Waals surface area contributed by atoms with Crippen LogP contribution in [0.4, 0.5) is 11.4 Å². The van der Waals surface area contributed by atoms with Crippen molar-refractivity contribution in [2.45, 2.75) is 11.8 Å². The molecular weight excluding hydrogens is 375 g/mol. The fourth-order valence-electron chi connectivity index (χ4n) is 1.57. The van der Waals surface area contributed by atoms with Gasteiger partial charge in [-0.25, -0.2) is 8.42 Å². The maximum atomic E-state index is 12.2. The van der Waals surface area contributed by atoms with E-state index in [1.165, 1.54) is 0 Å². The first kappa shape index (κ1) is 14.1. The van der Waals surface area contributed by atoms with Crippen LogP contribution in [0.5, 0.6) is 0 Å². The van der Waals surface area contributed by atoms with Crippen LogP contribution in [0, 0.1) is 10.5 Å². The van der Waals surface area contributed by atoms with Crippen molar-refractivity contribution in [1.29, 1.82) is 0 Å². The standard InChI is InChI=1S/C13H13IN2O2S/c1-9-2-5-11(15)8-13(9)16-19(17,18)12-6-3-10(14)4-7-12/h2-8,16H,15H2,1H3. The topological polar surface area (TPSA) is 72.2 Å². The lowest BCUT2D eigenvalue weighted by Crippen LogP contribution is -2.13.